The quantitative estimate of drug-likeness (QED) is 0.829. The Balaban J connectivity index is 2.69. The Hall–Kier alpha value is -1.56. The largest absolute Gasteiger partial charge is 0.495 e. The first kappa shape index (κ1) is 14.5. The van der Waals surface area contributed by atoms with E-state index >= 15 is 0 Å². The molecule has 0 radical (unpaired) electrons. The number of hydrogen-bond donors (Lipinski definition) is 2. The zero-order valence-electron chi connectivity index (χ0n) is 10.6. The molecule has 5 nitrogen and oxygen atoms in total. The highest BCUT2D eigenvalue weighted by atomic mass is 32.1. The molecule has 0 aliphatic heterocycles. The summed E-state index contributed by atoms with van der Waals surface area (Å²) in [5.41, 5.74) is -0.944. The summed E-state index contributed by atoms with van der Waals surface area (Å²) in [6.45, 7) is 3.49. The highest BCUT2D eigenvalue weighted by Gasteiger charge is 2.31. The predicted molar refractivity (Wildman–Crippen MR) is 69.2 cm³/mol. The molecule has 1 heterocycles. The Labute approximate surface area is 110 Å². The average Bonchev–Trinajstić information content (AvgIpc) is 2.83. The average molecular weight is 271 g/mol. The molecule has 1 atom stereocenters. The molecule has 0 spiro atoms. The van der Waals surface area contributed by atoms with E-state index in [2.05, 4.69) is 5.32 Å². The van der Waals surface area contributed by atoms with Gasteiger partial charge in [0.25, 0.3) is 5.91 Å². The molecule has 100 valence electrons. The molecule has 1 amide bonds. The minimum Gasteiger partial charge on any atom is -0.495 e. The Morgan fingerprint density at radius 3 is 2.72 bits per heavy atom. The number of carbonyl (C=O) groups is 2. The number of rotatable bonds is 6. The Kier molecular flexibility index (Phi) is 4.72. The van der Waals surface area contributed by atoms with E-state index in [9.17, 15) is 9.59 Å². The van der Waals surface area contributed by atoms with Gasteiger partial charge in [-0.1, -0.05) is 6.92 Å². The summed E-state index contributed by atoms with van der Waals surface area (Å²) in [7, 11) is 1.49. The molecule has 1 aromatic heterocycles. The second kappa shape index (κ2) is 5.86. The molecule has 0 fully saturated rings. The fourth-order valence-electron chi connectivity index (χ4n) is 1.33. The predicted octanol–water partition coefficient (Wildman–Crippen LogP) is 1.99. The zero-order chi connectivity index (χ0) is 13.8. The highest BCUT2D eigenvalue weighted by molar-refractivity contribution is 7.12. The lowest BCUT2D eigenvalue weighted by atomic mass is 9.88. The second-order valence-corrected chi connectivity index (χ2v) is 5.14. The molecule has 0 saturated carbocycles. The van der Waals surface area contributed by atoms with E-state index in [0.29, 0.717) is 17.0 Å². The van der Waals surface area contributed by atoms with Crippen molar-refractivity contribution >= 4 is 23.2 Å². The summed E-state index contributed by atoms with van der Waals surface area (Å²) in [5, 5.41) is 13.5. The van der Waals surface area contributed by atoms with E-state index in [1.165, 1.54) is 18.4 Å². The lowest BCUT2D eigenvalue weighted by molar-refractivity contribution is -0.147. The minimum atomic E-state index is -0.944. The van der Waals surface area contributed by atoms with Gasteiger partial charge in [-0.25, -0.2) is 0 Å². The van der Waals surface area contributed by atoms with Crippen molar-refractivity contribution in [3.05, 3.63) is 16.3 Å². The third-order valence-corrected chi connectivity index (χ3v) is 3.89. The van der Waals surface area contributed by atoms with Crippen molar-refractivity contribution in [3.63, 3.8) is 0 Å². The van der Waals surface area contributed by atoms with Gasteiger partial charge in [-0.15, -0.1) is 11.3 Å². The standard InChI is InChI=1S/C12H17NO4S/c1-4-12(2,11(15)16)7-13-10(14)9-8(17-3)5-6-18-9/h5-6H,4,7H2,1-3H3,(H,13,14)(H,15,16). The maximum atomic E-state index is 11.9. The van der Waals surface area contributed by atoms with Crippen LogP contribution in [0.3, 0.4) is 0 Å². The van der Waals surface area contributed by atoms with Crippen molar-refractivity contribution in [1.82, 2.24) is 5.32 Å². The summed E-state index contributed by atoms with van der Waals surface area (Å²) in [6, 6.07) is 1.70. The van der Waals surface area contributed by atoms with E-state index in [4.69, 9.17) is 9.84 Å². The molecule has 0 saturated heterocycles. The number of carboxylic acids is 1. The van der Waals surface area contributed by atoms with Gasteiger partial charge >= 0.3 is 5.97 Å². The van der Waals surface area contributed by atoms with E-state index in [-0.39, 0.29) is 12.5 Å². The summed E-state index contributed by atoms with van der Waals surface area (Å²) >= 11 is 1.26. The Morgan fingerprint density at radius 2 is 2.22 bits per heavy atom. The molecule has 2 N–H and O–H groups in total. The Morgan fingerprint density at radius 1 is 1.56 bits per heavy atom. The number of ether oxygens (including phenoxy) is 1. The van der Waals surface area contributed by atoms with Gasteiger partial charge in [-0.2, -0.15) is 0 Å². The maximum absolute atomic E-state index is 11.9. The van der Waals surface area contributed by atoms with Crippen LogP contribution in [0.5, 0.6) is 5.75 Å². The van der Waals surface area contributed by atoms with Gasteiger partial charge < -0.3 is 15.2 Å². The molecule has 1 aromatic rings. The Bertz CT molecular complexity index is 443. The first-order valence-corrected chi connectivity index (χ1v) is 6.45. The molecule has 18 heavy (non-hydrogen) atoms. The minimum absolute atomic E-state index is 0.0960. The van der Waals surface area contributed by atoms with Crippen LogP contribution in [0.15, 0.2) is 11.4 Å². The summed E-state index contributed by atoms with van der Waals surface area (Å²) in [4.78, 5) is 23.5. The van der Waals surface area contributed by atoms with Crippen LogP contribution in [-0.4, -0.2) is 30.6 Å². The van der Waals surface area contributed by atoms with Crippen LogP contribution in [0.1, 0.15) is 29.9 Å². The number of carbonyl (C=O) groups excluding carboxylic acids is 1. The molecule has 6 heteroatoms. The molecule has 0 aromatic carbocycles. The van der Waals surface area contributed by atoms with Gasteiger partial charge in [-0.05, 0) is 24.8 Å². The first-order chi connectivity index (χ1) is 8.44. The van der Waals surface area contributed by atoms with Gasteiger partial charge in [-0.3, -0.25) is 9.59 Å². The summed E-state index contributed by atoms with van der Waals surface area (Å²) in [5.74, 6) is -0.711. The number of thiophene rings is 1. The molecule has 1 unspecified atom stereocenters. The number of hydrogen-bond acceptors (Lipinski definition) is 4. The fourth-order valence-corrected chi connectivity index (χ4v) is 2.11. The van der Waals surface area contributed by atoms with E-state index < -0.39 is 11.4 Å². The third-order valence-electron chi connectivity index (χ3n) is 2.99. The van der Waals surface area contributed by atoms with Gasteiger partial charge in [0.05, 0.1) is 12.5 Å². The third kappa shape index (κ3) is 3.01. The van der Waals surface area contributed by atoms with Gasteiger partial charge in [0.2, 0.25) is 0 Å². The lowest BCUT2D eigenvalue weighted by Crippen LogP contribution is -2.40. The second-order valence-electron chi connectivity index (χ2n) is 4.22. The topological polar surface area (TPSA) is 75.6 Å². The van der Waals surface area contributed by atoms with Crippen molar-refractivity contribution in [3.8, 4) is 5.75 Å². The van der Waals surface area contributed by atoms with Crippen molar-refractivity contribution < 1.29 is 19.4 Å². The van der Waals surface area contributed by atoms with Crippen LogP contribution in [0.4, 0.5) is 0 Å². The number of amides is 1. The van der Waals surface area contributed by atoms with Gasteiger partial charge in [0.15, 0.2) is 0 Å². The van der Waals surface area contributed by atoms with Crippen LogP contribution in [0, 0.1) is 5.41 Å². The van der Waals surface area contributed by atoms with E-state index in [1.807, 2.05) is 0 Å². The van der Waals surface area contributed by atoms with Crippen LogP contribution in [0.25, 0.3) is 0 Å². The summed E-state index contributed by atoms with van der Waals surface area (Å²) < 4.78 is 5.05. The molecular formula is C12H17NO4S. The van der Waals surface area contributed by atoms with Crippen LogP contribution >= 0.6 is 11.3 Å². The molecular weight excluding hydrogens is 254 g/mol. The first-order valence-electron chi connectivity index (χ1n) is 5.57. The zero-order valence-corrected chi connectivity index (χ0v) is 11.5. The molecule has 0 aliphatic rings. The van der Waals surface area contributed by atoms with E-state index in [1.54, 1.807) is 25.3 Å². The molecule has 0 bridgehead atoms. The number of carboxylic acid groups (broad SMARTS) is 1. The van der Waals surface area contributed by atoms with Gasteiger partial charge in [0, 0.05) is 6.54 Å². The van der Waals surface area contributed by atoms with Crippen LogP contribution in [0.2, 0.25) is 0 Å². The van der Waals surface area contributed by atoms with E-state index in [0.717, 1.165) is 0 Å². The highest BCUT2D eigenvalue weighted by Crippen LogP contribution is 2.25. The lowest BCUT2D eigenvalue weighted by Gasteiger charge is -2.23. The smallest absolute Gasteiger partial charge is 0.311 e. The monoisotopic (exact) mass is 271 g/mol. The van der Waals surface area contributed by atoms with Crippen molar-refractivity contribution in [2.45, 2.75) is 20.3 Å². The van der Waals surface area contributed by atoms with Crippen LogP contribution < -0.4 is 10.1 Å². The van der Waals surface area contributed by atoms with Crippen molar-refractivity contribution in [1.29, 1.82) is 0 Å². The fraction of sp³-hybridized carbons (Fsp3) is 0.500. The normalized spacial score (nSPS) is 13.7. The SMILES string of the molecule is CCC(C)(CNC(=O)c1sccc1OC)C(=O)O. The number of aliphatic carboxylic acids is 1. The maximum Gasteiger partial charge on any atom is 0.311 e. The van der Waals surface area contributed by atoms with Crippen LogP contribution in [-0.2, 0) is 4.79 Å². The number of methoxy groups -OCH3 is 1. The van der Waals surface area contributed by atoms with Crippen molar-refractivity contribution in [2.75, 3.05) is 13.7 Å². The summed E-state index contributed by atoms with van der Waals surface area (Å²) in [6.07, 6.45) is 0.449. The number of nitrogens with one attached hydrogen (secondary N) is 1. The van der Waals surface area contributed by atoms with Crippen molar-refractivity contribution in [2.24, 2.45) is 5.41 Å². The van der Waals surface area contributed by atoms with Gasteiger partial charge in [0.1, 0.15) is 10.6 Å². The molecule has 1 rings (SSSR count). The molecule has 0 aliphatic carbocycles.